The molecule has 0 unspecified atom stereocenters. The van der Waals surface area contributed by atoms with Crippen LogP contribution in [0.2, 0.25) is 5.02 Å². The number of halogens is 1. The number of hydrogen-bond acceptors (Lipinski definition) is 3. The summed E-state index contributed by atoms with van der Waals surface area (Å²) in [5.74, 6) is -0.446. The van der Waals surface area contributed by atoms with Crippen molar-refractivity contribution in [2.45, 2.75) is 26.2 Å². The molecule has 0 saturated carbocycles. The number of amides is 1. The minimum Gasteiger partial charge on any atom is -0.325 e. The first-order chi connectivity index (χ1) is 12.0. The molecule has 7 heteroatoms. The maximum absolute atomic E-state index is 12.4. The zero-order valence-electron chi connectivity index (χ0n) is 15.3. The summed E-state index contributed by atoms with van der Waals surface area (Å²) in [7, 11) is -3.67. The molecule has 2 rings (SSSR count). The van der Waals surface area contributed by atoms with E-state index < -0.39 is 15.9 Å². The van der Waals surface area contributed by atoms with Crippen molar-refractivity contribution < 1.29 is 13.2 Å². The quantitative estimate of drug-likeness (QED) is 0.832. The predicted octanol–water partition coefficient (Wildman–Crippen LogP) is 4.04. The van der Waals surface area contributed by atoms with E-state index >= 15 is 0 Å². The molecule has 26 heavy (non-hydrogen) atoms. The number of benzene rings is 2. The maximum atomic E-state index is 12.4. The van der Waals surface area contributed by atoms with Crippen LogP contribution in [0.1, 0.15) is 26.3 Å². The molecule has 1 N–H and O–H groups in total. The van der Waals surface area contributed by atoms with Crippen LogP contribution in [0.4, 0.5) is 11.4 Å². The standard InChI is InChI=1S/C19H23ClN2O3S/c1-19(2,3)14-9-11-15(12-10-14)21-18(23)13-22(26(4,24)25)17-8-6-5-7-16(17)20/h5-12H,13H2,1-4H3,(H,21,23). The molecule has 0 atom stereocenters. The Morgan fingerprint density at radius 1 is 1.08 bits per heavy atom. The van der Waals surface area contributed by atoms with Gasteiger partial charge in [0, 0.05) is 5.69 Å². The first-order valence-corrected chi connectivity index (χ1v) is 10.3. The lowest BCUT2D eigenvalue weighted by Crippen LogP contribution is -2.37. The Balaban J connectivity index is 2.17. The van der Waals surface area contributed by atoms with Gasteiger partial charge in [-0.3, -0.25) is 9.10 Å². The summed E-state index contributed by atoms with van der Waals surface area (Å²) < 4.78 is 25.2. The van der Waals surface area contributed by atoms with Crippen molar-refractivity contribution >= 4 is 38.9 Å². The molecule has 0 aliphatic rings. The normalized spacial score (nSPS) is 11.9. The monoisotopic (exact) mass is 394 g/mol. The third-order valence-electron chi connectivity index (χ3n) is 3.84. The Labute approximate surface area is 160 Å². The van der Waals surface area contributed by atoms with E-state index in [1.807, 2.05) is 12.1 Å². The number of para-hydroxylation sites is 1. The van der Waals surface area contributed by atoms with Crippen LogP contribution in [0.5, 0.6) is 0 Å². The first kappa shape index (κ1) is 20.3. The van der Waals surface area contributed by atoms with Gasteiger partial charge in [-0.05, 0) is 35.2 Å². The Morgan fingerprint density at radius 2 is 1.65 bits per heavy atom. The molecule has 2 aromatic rings. The van der Waals surface area contributed by atoms with Crippen molar-refractivity contribution in [3.63, 3.8) is 0 Å². The van der Waals surface area contributed by atoms with E-state index in [0.717, 1.165) is 16.1 Å². The lowest BCUT2D eigenvalue weighted by Gasteiger charge is -2.23. The molecular formula is C19H23ClN2O3S. The highest BCUT2D eigenvalue weighted by molar-refractivity contribution is 7.92. The largest absolute Gasteiger partial charge is 0.325 e. The molecule has 0 aliphatic carbocycles. The summed E-state index contributed by atoms with van der Waals surface area (Å²) in [6.07, 6.45) is 1.04. The van der Waals surface area contributed by atoms with Crippen LogP contribution in [0, 0.1) is 0 Å². The number of carbonyl (C=O) groups is 1. The Kier molecular flexibility index (Phi) is 5.98. The molecule has 0 aliphatic heterocycles. The number of carbonyl (C=O) groups excluding carboxylic acids is 1. The fraction of sp³-hybridized carbons (Fsp3) is 0.316. The summed E-state index contributed by atoms with van der Waals surface area (Å²) in [5.41, 5.74) is 2.04. The zero-order chi connectivity index (χ0) is 19.5. The molecule has 140 valence electrons. The summed E-state index contributed by atoms with van der Waals surface area (Å²) in [5, 5.41) is 2.99. The third kappa shape index (κ3) is 5.22. The highest BCUT2D eigenvalue weighted by Gasteiger charge is 2.23. The van der Waals surface area contributed by atoms with Gasteiger partial charge in [-0.2, -0.15) is 0 Å². The summed E-state index contributed by atoms with van der Waals surface area (Å²) >= 11 is 6.09. The van der Waals surface area contributed by atoms with E-state index in [1.54, 1.807) is 36.4 Å². The van der Waals surface area contributed by atoms with Crippen LogP contribution < -0.4 is 9.62 Å². The highest BCUT2D eigenvalue weighted by atomic mass is 35.5. The summed E-state index contributed by atoms with van der Waals surface area (Å²) in [4.78, 5) is 12.4. The molecule has 0 fully saturated rings. The summed E-state index contributed by atoms with van der Waals surface area (Å²) in [6.45, 7) is 5.96. The average molecular weight is 395 g/mol. The van der Waals surface area contributed by atoms with Gasteiger partial charge in [0.15, 0.2) is 0 Å². The van der Waals surface area contributed by atoms with Gasteiger partial charge in [-0.25, -0.2) is 8.42 Å². The Morgan fingerprint density at radius 3 is 2.15 bits per heavy atom. The molecule has 1 amide bonds. The van der Waals surface area contributed by atoms with E-state index in [2.05, 4.69) is 26.1 Å². The number of rotatable bonds is 5. The average Bonchev–Trinajstić information content (AvgIpc) is 2.52. The van der Waals surface area contributed by atoms with Crippen molar-refractivity contribution in [1.29, 1.82) is 0 Å². The lowest BCUT2D eigenvalue weighted by molar-refractivity contribution is -0.114. The van der Waals surface area contributed by atoms with E-state index in [4.69, 9.17) is 11.6 Å². The molecule has 5 nitrogen and oxygen atoms in total. The second-order valence-corrected chi connectivity index (χ2v) is 9.41. The van der Waals surface area contributed by atoms with Crippen molar-refractivity contribution in [2.24, 2.45) is 0 Å². The highest BCUT2D eigenvalue weighted by Crippen LogP contribution is 2.27. The van der Waals surface area contributed by atoms with Crippen molar-refractivity contribution in [3.05, 3.63) is 59.1 Å². The van der Waals surface area contributed by atoms with Gasteiger partial charge >= 0.3 is 0 Å². The van der Waals surface area contributed by atoms with Gasteiger partial charge in [0.25, 0.3) is 0 Å². The fourth-order valence-electron chi connectivity index (χ4n) is 2.42. The topological polar surface area (TPSA) is 66.5 Å². The lowest BCUT2D eigenvalue weighted by atomic mass is 9.87. The Hall–Kier alpha value is -2.05. The van der Waals surface area contributed by atoms with E-state index in [0.29, 0.717) is 5.69 Å². The van der Waals surface area contributed by atoms with Crippen LogP contribution in [-0.2, 0) is 20.2 Å². The van der Waals surface area contributed by atoms with Crippen LogP contribution in [-0.4, -0.2) is 27.1 Å². The summed E-state index contributed by atoms with van der Waals surface area (Å²) in [6, 6.07) is 14.0. The van der Waals surface area contributed by atoms with Gasteiger partial charge in [0.1, 0.15) is 6.54 Å². The minimum absolute atomic E-state index is 0.0136. The van der Waals surface area contributed by atoms with Gasteiger partial charge in [0.2, 0.25) is 15.9 Å². The third-order valence-corrected chi connectivity index (χ3v) is 5.29. The number of anilines is 2. The van der Waals surface area contributed by atoms with Gasteiger partial charge in [-0.15, -0.1) is 0 Å². The van der Waals surface area contributed by atoms with E-state index in [-0.39, 0.29) is 22.7 Å². The molecule has 0 spiro atoms. The molecular weight excluding hydrogens is 372 g/mol. The second kappa shape index (κ2) is 7.68. The molecule has 0 radical (unpaired) electrons. The predicted molar refractivity (Wildman–Crippen MR) is 107 cm³/mol. The van der Waals surface area contributed by atoms with Crippen molar-refractivity contribution in [2.75, 3.05) is 22.4 Å². The molecule has 0 heterocycles. The number of hydrogen-bond donors (Lipinski definition) is 1. The zero-order valence-corrected chi connectivity index (χ0v) is 16.9. The molecule has 2 aromatic carbocycles. The number of nitrogens with zero attached hydrogens (tertiary/aromatic N) is 1. The van der Waals surface area contributed by atoms with E-state index in [9.17, 15) is 13.2 Å². The fourth-order valence-corrected chi connectivity index (χ4v) is 3.58. The van der Waals surface area contributed by atoms with Crippen LogP contribution in [0.15, 0.2) is 48.5 Å². The van der Waals surface area contributed by atoms with Gasteiger partial charge < -0.3 is 5.32 Å². The number of nitrogens with one attached hydrogen (secondary N) is 1. The molecule has 0 bridgehead atoms. The smallest absolute Gasteiger partial charge is 0.245 e. The Bertz CT molecular complexity index is 888. The minimum atomic E-state index is -3.67. The van der Waals surface area contributed by atoms with Gasteiger partial charge in [-0.1, -0.05) is 56.6 Å². The SMILES string of the molecule is CC(C)(C)c1ccc(NC(=O)CN(c2ccccc2Cl)S(C)(=O)=O)cc1. The maximum Gasteiger partial charge on any atom is 0.245 e. The van der Waals surface area contributed by atoms with Crippen LogP contribution >= 0.6 is 11.6 Å². The second-order valence-electron chi connectivity index (χ2n) is 7.10. The molecule has 0 saturated heterocycles. The van der Waals surface area contributed by atoms with Crippen LogP contribution in [0.3, 0.4) is 0 Å². The first-order valence-electron chi connectivity index (χ1n) is 8.11. The van der Waals surface area contributed by atoms with Crippen molar-refractivity contribution in [1.82, 2.24) is 0 Å². The van der Waals surface area contributed by atoms with Gasteiger partial charge in [0.05, 0.1) is 17.0 Å². The van der Waals surface area contributed by atoms with E-state index in [1.165, 1.54) is 0 Å². The molecule has 0 aromatic heterocycles. The number of sulfonamides is 1. The van der Waals surface area contributed by atoms with Crippen molar-refractivity contribution in [3.8, 4) is 0 Å². The van der Waals surface area contributed by atoms with Crippen LogP contribution in [0.25, 0.3) is 0 Å².